The first-order valence-corrected chi connectivity index (χ1v) is 10.5. The zero-order valence-corrected chi connectivity index (χ0v) is 17.4. The van der Waals surface area contributed by atoms with Crippen LogP contribution in [0.3, 0.4) is 0 Å². The fourth-order valence-electron chi connectivity index (χ4n) is 1.82. The second-order valence-electron chi connectivity index (χ2n) is 5.36. The minimum Gasteiger partial charge on any atom is -0.462 e. The second-order valence-corrected chi connectivity index (χ2v) is 6.82. The lowest BCUT2D eigenvalue weighted by Crippen LogP contribution is -2.19. The van der Waals surface area contributed by atoms with E-state index >= 15 is 0 Å². The van der Waals surface area contributed by atoms with Gasteiger partial charge in [-0.1, -0.05) is 6.07 Å². The lowest BCUT2D eigenvalue weighted by atomic mass is 10.3. The highest BCUT2D eigenvalue weighted by Crippen LogP contribution is 2.13. The molecule has 2 rings (SSSR count). The monoisotopic (exact) mass is 438 g/mol. The van der Waals surface area contributed by atoms with Crippen LogP contribution in [0.25, 0.3) is 11.5 Å². The van der Waals surface area contributed by atoms with Crippen molar-refractivity contribution in [2.45, 2.75) is 13.8 Å². The largest absolute Gasteiger partial charge is 0.462 e. The van der Waals surface area contributed by atoms with E-state index in [9.17, 15) is 18.0 Å². The predicted molar refractivity (Wildman–Crippen MR) is 108 cm³/mol. The Bertz CT molecular complexity index is 951. The van der Waals surface area contributed by atoms with Crippen LogP contribution in [0.5, 0.6) is 0 Å². The van der Waals surface area contributed by atoms with E-state index < -0.39 is 22.1 Å². The molecule has 30 heavy (non-hydrogen) atoms. The summed E-state index contributed by atoms with van der Waals surface area (Å²) >= 11 is 0. The molecule has 12 heteroatoms. The van der Waals surface area contributed by atoms with Crippen molar-refractivity contribution in [3.8, 4) is 11.5 Å². The smallest absolute Gasteiger partial charge is 0.347 e. The molecule has 0 amide bonds. The standard InChI is InChI=1S/C17H18N4O4.CH4O3S/c1-3-24-16(22)12(17(23)25-4-2)11-20-14-8-10-19-15(21-14)13-7-5-6-9-18-13;1-5(2,3)4/h5-11H,3-4H2,1-2H3,(H,19,20,21);1H3,(H,2,3,4). The van der Waals surface area contributed by atoms with Gasteiger partial charge in [0.05, 0.1) is 19.5 Å². The zero-order valence-electron chi connectivity index (χ0n) is 16.6. The van der Waals surface area contributed by atoms with Crippen molar-refractivity contribution < 1.29 is 32.0 Å². The number of carbonyl (C=O) groups excluding carboxylic acids is 2. The third kappa shape index (κ3) is 9.71. The van der Waals surface area contributed by atoms with E-state index in [4.69, 9.17) is 14.0 Å². The van der Waals surface area contributed by atoms with E-state index in [1.54, 1.807) is 44.4 Å². The maximum absolute atomic E-state index is 11.9. The van der Waals surface area contributed by atoms with E-state index in [-0.39, 0.29) is 18.8 Å². The number of nitrogens with one attached hydrogen (secondary N) is 1. The summed E-state index contributed by atoms with van der Waals surface area (Å²) < 4.78 is 35.6. The maximum atomic E-state index is 11.9. The maximum Gasteiger partial charge on any atom is 0.347 e. The Balaban J connectivity index is 0.000000804. The quantitative estimate of drug-likeness (QED) is 0.212. The molecule has 2 N–H and O–H groups in total. The number of esters is 2. The average Bonchev–Trinajstić information content (AvgIpc) is 2.68. The molecule has 0 saturated heterocycles. The summed E-state index contributed by atoms with van der Waals surface area (Å²) in [5.74, 6) is -0.741. The van der Waals surface area contributed by atoms with Crippen LogP contribution in [-0.2, 0) is 29.2 Å². The van der Waals surface area contributed by atoms with Gasteiger partial charge >= 0.3 is 11.9 Å². The highest BCUT2D eigenvalue weighted by Gasteiger charge is 2.21. The fourth-order valence-corrected chi connectivity index (χ4v) is 1.82. The van der Waals surface area contributed by atoms with Crippen molar-refractivity contribution in [1.82, 2.24) is 15.0 Å². The number of hydrogen-bond acceptors (Lipinski definition) is 10. The van der Waals surface area contributed by atoms with Crippen LogP contribution in [0, 0.1) is 0 Å². The molecule has 162 valence electrons. The molecule has 0 fully saturated rings. The number of aromatic nitrogens is 3. The molecule has 0 aromatic carbocycles. The third-order valence-electron chi connectivity index (χ3n) is 2.90. The first-order chi connectivity index (χ1) is 14.2. The predicted octanol–water partition coefficient (Wildman–Crippen LogP) is 1.46. The van der Waals surface area contributed by atoms with E-state index in [1.807, 2.05) is 6.07 Å². The van der Waals surface area contributed by atoms with Gasteiger partial charge in [-0.25, -0.2) is 19.6 Å². The molecule has 0 aliphatic carbocycles. The summed E-state index contributed by atoms with van der Waals surface area (Å²) in [6, 6.07) is 6.99. The number of anilines is 1. The Kier molecular flexibility index (Phi) is 10.1. The number of ether oxygens (including phenoxy) is 2. The van der Waals surface area contributed by atoms with E-state index in [0.717, 1.165) is 0 Å². The molecule has 0 atom stereocenters. The molecular weight excluding hydrogens is 416 g/mol. The Morgan fingerprint density at radius 3 is 2.17 bits per heavy atom. The van der Waals surface area contributed by atoms with Gasteiger partial charge in [0.1, 0.15) is 11.5 Å². The Morgan fingerprint density at radius 2 is 1.67 bits per heavy atom. The van der Waals surface area contributed by atoms with Gasteiger partial charge in [0.2, 0.25) is 0 Å². The van der Waals surface area contributed by atoms with Crippen LogP contribution in [0.4, 0.5) is 5.82 Å². The van der Waals surface area contributed by atoms with Crippen LogP contribution in [0.2, 0.25) is 0 Å². The van der Waals surface area contributed by atoms with Crippen LogP contribution in [-0.4, -0.2) is 59.3 Å². The fraction of sp³-hybridized carbons (Fsp3) is 0.278. The lowest BCUT2D eigenvalue weighted by molar-refractivity contribution is -0.146. The zero-order chi connectivity index (χ0) is 22.6. The molecule has 0 spiro atoms. The SMILES string of the molecule is CCOC(=O)C(=CNc1ccnc(-c2ccccn2)n1)C(=O)OCC.CS(=O)(=O)O. The van der Waals surface area contributed by atoms with Crippen molar-refractivity contribution in [3.63, 3.8) is 0 Å². The average molecular weight is 438 g/mol. The molecular formula is C18H22N4O7S. The van der Waals surface area contributed by atoms with Crippen molar-refractivity contribution in [3.05, 3.63) is 48.4 Å². The molecule has 0 radical (unpaired) electrons. The van der Waals surface area contributed by atoms with Gasteiger partial charge in [-0.15, -0.1) is 0 Å². The first-order valence-electron chi connectivity index (χ1n) is 8.63. The van der Waals surface area contributed by atoms with Crippen molar-refractivity contribution in [2.75, 3.05) is 24.8 Å². The topological polar surface area (TPSA) is 158 Å². The summed E-state index contributed by atoms with van der Waals surface area (Å²) in [5, 5.41) is 2.79. The van der Waals surface area contributed by atoms with Gasteiger partial charge in [0.25, 0.3) is 10.1 Å². The summed E-state index contributed by atoms with van der Waals surface area (Å²) in [6.07, 6.45) is 5.10. The molecule has 11 nitrogen and oxygen atoms in total. The molecule has 0 aliphatic rings. The van der Waals surface area contributed by atoms with Crippen LogP contribution in [0.15, 0.2) is 48.4 Å². The van der Waals surface area contributed by atoms with Crippen LogP contribution < -0.4 is 5.32 Å². The minimum atomic E-state index is -3.67. The highest BCUT2D eigenvalue weighted by atomic mass is 32.2. The lowest BCUT2D eigenvalue weighted by Gasteiger charge is -2.07. The van der Waals surface area contributed by atoms with Crippen molar-refractivity contribution >= 4 is 27.9 Å². The van der Waals surface area contributed by atoms with Crippen LogP contribution in [0.1, 0.15) is 13.8 Å². The molecule has 0 aliphatic heterocycles. The normalized spacial score (nSPS) is 10.1. The van der Waals surface area contributed by atoms with Gasteiger partial charge in [0, 0.05) is 18.6 Å². The van der Waals surface area contributed by atoms with E-state index in [0.29, 0.717) is 23.6 Å². The van der Waals surface area contributed by atoms with Crippen molar-refractivity contribution in [1.29, 1.82) is 0 Å². The number of hydrogen-bond donors (Lipinski definition) is 2. The molecule has 0 saturated carbocycles. The summed E-state index contributed by atoms with van der Waals surface area (Å²) in [5.41, 5.74) is 0.354. The minimum absolute atomic E-state index is 0.146. The van der Waals surface area contributed by atoms with E-state index in [1.165, 1.54) is 6.20 Å². The van der Waals surface area contributed by atoms with E-state index in [2.05, 4.69) is 20.3 Å². The number of carbonyl (C=O) groups is 2. The Morgan fingerprint density at radius 1 is 1.07 bits per heavy atom. The molecule has 0 unspecified atom stereocenters. The van der Waals surface area contributed by atoms with Gasteiger partial charge in [0.15, 0.2) is 11.4 Å². The molecule has 2 aromatic rings. The van der Waals surface area contributed by atoms with Gasteiger partial charge in [-0.2, -0.15) is 8.42 Å². The van der Waals surface area contributed by atoms with Gasteiger partial charge in [-0.05, 0) is 32.0 Å². The Hall–Kier alpha value is -3.38. The third-order valence-corrected chi connectivity index (χ3v) is 2.90. The number of nitrogens with zero attached hydrogens (tertiary/aromatic N) is 3. The summed E-state index contributed by atoms with van der Waals surface area (Å²) in [6.45, 7) is 3.59. The van der Waals surface area contributed by atoms with Gasteiger partial charge in [-0.3, -0.25) is 9.54 Å². The second kappa shape index (κ2) is 12.2. The van der Waals surface area contributed by atoms with Crippen LogP contribution >= 0.6 is 0 Å². The molecule has 2 heterocycles. The number of rotatable bonds is 7. The molecule has 2 aromatic heterocycles. The van der Waals surface area contributed by atoms with Gasteiger partial charge < -0.3 is 14.8 Å². The number of pyridine rings is 1. The Labute approximate surface area is 173 Å². The van der Waals surface area contributed by atoms with Crippen molar-refractivity contribution in [2.24, 2.45) is 0 Å². The molecule has 0 bridgehead atoms. The summed E-state index contributed by atoms with van der Waals surface area (Å²) in [4.78, 5) is 36.4. The first kappa shape index (κ1) is 24.7. The summed E-state index contributed by atoms with van der Waals surface area (Å²) in [7, 11) is -3.67. The highest BCUT2D eigenvalue weighted by molar-refractivity contribution is 7.85.